The van der Waals surface area contributed by atoms with Crippen LogP contribution in [-0.2, 0) is 12.0 Å². The van der Waals surface area contributed by atoms with Gasteiger partial charge in [0.15, 0.2) is 5.82 Å². The van der Waals surface area contributed by atoms with Crippen LogP contribution < -0.4 is 10.2 Å². The predicted octanol–water partition coefficient (Wildman–Crippen LogP) is 2.26. The second-order valence-electron chi connectivity index (χ2n) is 6.23. The summed E-state index contributed by atoms with van der Waals surface area (Å²) in [4.78, 5) is 10.4. The SMILES string of the molecule is Fc1cnc(N2CCC3(CC2)CNCc2ccccc23)nc1. The van der Waals surface area contributed by atoms with Crippen molar-refractivity contribution >= 4 is 5.95 Å². The van der Waals surface area contributed by atoms with Crippen LogP contribution in [0.1, 0.15) is 24.0 Å². The average molecular weight is 298 g/mol. The van der Waals surface area contributed by atoms with Gasteiger partial charge < -0.3 is 10.2 Å². The van der Waals surface area contributed by atoms with Crippen LogP contribution in [0, 0.1) is 5.82 Å². The Kier molecular flexibility index (Phi) is 3.30. The zero-order valence-electron chi connectivity index (χ0n) is 12.4. The number of rotatable bonds is 1. The van der Waals surface area contributed by atoms with Crippen molar-refractivity contribution in [2.75, 3.05) is 24.5 Å². The Labute approximate surface area is 129 Å². The van der Waals surface area contributed by atoms with Crippen LogP contribution in [0.4, 0.5) is 10.3 Å². The number of hydrogen-bond donors (Lipinski definition) is 1. The lowest BCUT2D eigenvalue weighted by molar-refractivity contribution is 0.294. The number of hydrogen-bond acceptors (Lipinski definition) is 4. The van der Waals surface area contributed by atoms with Crippen LogP contribution in [-0.4, -0.2) is 29.6 Å². The molecule has 2 aliphatic heterocycles. The first-order valence-electron chi connectivity index (χ1n) is 7.78. The molecule has 0 radical (unpaired) electrons. The normalized spacial score (nSPS) is 20.0. The maximum Gasteiger partial charge on any atom is 0.225 e. The summed E-state index contributed by atoms with van der Waals surface area (Å²) >= 11 is 0. The van der Waals surface area contributed by atoms with Gasteiger partial charge in [0, 0.05) is 31.6 Å². The maximum atomic E-state index is 13.0. The molecule has 0 aliphatic carbocycles. The summed E-state index contributed by atoms with van der Waals surface area (Å²) in [6.45, 7) is 3.80. The van der Waals surface area contributed by atoms with E-state index in [9.17, 15) is 4.39 Å². The minimum atomic E-state index is -0.386. The Bertz CT molecular complexity index is 663. The van der Waals surface area contributed by atoms with E-state index >= 15 is 0 Å². The molecule has 0 bridgehead atoms. The van der Waals surface area contributed by atoms with Gasteiger partial charge >= 0.3 is 0 Å². The predicted molar refractivity (Wildman–Crippen MR) is 83.3 cm³/mol. The van der Waals surface area contributed by atoms with Crippen molar-refractivity contribution in [3.05, 3.63) is 53.6 Å². The molecule has 1 spiro atoms. The van der Waals surface area contributed by atoms with Crippen molar-refractivity contribution in [3.8, 4) is 0 Å². The molecule has 1 aromatic carbocycles. The van der Waals surface area contributed by atoms with Crippen LogP contribution in [0.15, 0.2) is 36.7 Å². The second kappa shape index (κ2) is 5.32. The number of anilines is 1. The van der Waals surface area contributed by atoms with Crippen LogP contribution in [0.2, 0.25) is 0 Å². The van der Waals surface area contributed by atoms with Gasteiger partial charge in [-0.15, -0.1) is 0 Å². The molecule has 4 rings (SSSR count). The standard InChI is InChI=1S/C17H19FN4/c18-14-10-20-16(21-11-14)22-7-5-17(6-8-22)12-19-9-13-3-1-2-4-15(13)17/h1-4,10-11,19H,5-9,12H2. The molecule has 0 atom stereocenters. The van der Waals surface area contributed by atoms with E-state index in [1.807, 2.05) is 0 Å². The molecule has 5 heteroatoms. The van der Waals surface area contributed by atoms with Crippen molar-refractivity contribution in [1.29, 1.82) is 0 Å². The highest BCUT2D eigenvalue weighted by atomic mass is 19.1. The van der Waals surface area contributed by atoms with E-state index in [4.69, 9.17) is 0 Å². The third kappa shape index (κ3) is 2.25. The molecule has 22 heavy (non-hydrogen) atoms. The van der Waals surface area contributed by atoms with Crippen LogP contribution >= 0.6 is 0 Å². The van der Waals surface area contributed by atoms with E-state index in [0.717, 1.165) is 39.0 Å². The third-order valence-corrected chi connectivity index (χ3v) is 4.98. The first-order valence-corrected chi connectivity index (χ1v) is 7.78. The monoisotopic (exact) mass is 298 g/mol. The third-order valence-electron chi connectivity index (χ3n) is 4.98. The van der Waals surface area contributed by atoms with E-state index < -0.39 is 0 Å². The largest absolute Gasteiger partial charge is 0.341 e. The lowest BCUT2D eigenvalue weighted by Gasteiger charge is -2.45. The van der Waals surface area contributed by atoms with Crippen molar-refractivity contribution < 1.29 is 4.39 Å². The Morgan fingerprint density at radius 2 is 1.82 bits per heavy atom. The number of fused-ring (bicyclic) bond motifs is 2. The number of halogens is 1. The Balaban J connectivity index is 1.56. The van der Waals surface area contributed by atoms with Crippen molar-refractivity contribution in [1.82, 2.24) is 15.3 Å². The molecule has 0 unspecified atom stereocenters. The van der Waals surface area contributed by atoms with E-state index in [2.05, 4.69) is 44.5 Å². The van der Waals surface area contributed by atoms with Gasteiger partial charge in [-0.25, -0.2) is 14.4 Å². The zero-order chi connectivity index (χ0) is 15.0. The lowest BCUT2D eigenvalue weighted by atomic mass is 9.69. The van der Waals surface area contributed by atoms with E-state index in [1.165, 1.54) is 23.5 Å². The van der Waals surface area contributed by atoms with Gasteiger partial charge in [0.2, 0.25) is 5.95 Å². The molecule has 2 aromatic rings. The van der Waals surface area contributed by atoms with E-state index in [0.29, 0.717) is 5.95 Å². The summed E-state index contributed by atoms with van der Waals surface area (Å²) in [5.74, 6) is 0.246. The van der Waals surface area contributed by atoms with Crippen LogP contribution in [0.25, 0.3) is 0 Å². The number of benzene rings is 1. The van der Waals surface area contributed by atoms with E-state index in [1.54, 1.807) is 0 Å². The molecular weight excluding hydrogens is 279 g/mol. The highest BCUT2D eigenvalue weighted by molar-refractivity contribution is 5.40. The summed E-state index contributed by atoms with van der Waals surface area (Å²) in [6.07, 6.45) is 4.61. The summed E-state index contributed by atoms with van der Waals surface area (Å²) in [7, 11) is 0. The molecule has 1 saturated heterocycles. The molecule has 0 saturated carbocycles. The van der Waals surface area contributed by atoms with Gasteiger partial charge in [0.25, 0.3) is 0 Å². The summed E-state index contributed by atoms with van der Waals surface area (Å²) in [5, 5.41) is 3.56. The topological polar surface area (TPSA) is 41.1 Å². The quantitative estimate of drug-likeness (QED) is 0.877. The van der Waals surface area contributed by atoms with Crippen LogP contribution in [0.5, 0.6) is 0 Å². The molecule has 3 heterocycles. The Morgan fingerprint density at radius 1 is 1.09 bits per heavy atom. The fraction of sp³-hybridized carbons (Fsp3) is 0.412. The van der Waals surface area contributed by atoms with Gasteiger partial charge in [0.05, 0.1) is 12.4 Å². The fourth-order valence-corrected chi connectivity index (χ4v) is 3.77. The number of aromatic nitrogens is 2. The molecule has 2 aliphatic rings. The summed E-state index contributed by atoms with van der Waals surface area (Å²) in [5.41, 5.74) is 3.12. The first kappa shape index (κ1) is 13.6. The Hall–Kier alpha value is -2.01. The highest BCUT2D eigenvalue weighted by Crippen LogP contribution is 2.39. The van der Waals surface area contributed by atoms with Gasteiger partial charge in [-0.05, 0) is 24.0 Å². The van der Waals surface area contributed by atoms with Crippen LogP contribution in [0.3, 0.4) is 0 Å². The molecule has 0 amide bonds. The van der Waals surface area contributed by atoms with Gasteiger partial charge in [0.1, 0.15) is 0 Å². The Morgan fingerprint density at radius 3 is 2.59 bits per heavy atom. The minimum Gasteiger partial charge on any atom is -0.341 e. The van der Waals surface area contributed by atoms with Gasteiger partial charge in [-0.3, -0.25) is 0 Å². The maximum absolute atomic E-state index is 13.0. The average Bonchev–Trinajstić information content (AvgIpc) is 2.57. The zero-order valence-corrected chi connectivity index (χ0v) is 12.4. The first-order chi connectivity index (χ1) is 10.8. The fourth-order valence-electron chi connectivity index (χ4n) is 3.77. The van der Waals surface area contributed by atoms with Crippen molar-refractivity contribution in [3.63, 3.8) is 0 Å². The molecule has 4 nitrogen and oxygen atoms in total. The minimum absolute atomic E-state index is 0.214. The molecule has 1 aromatic heterocycles. The smallest absolute Gasteiger partial charge is 0.225 e. The summed E-state index contributed by atoms with van der Waals surface area (Å²) < 4.78 is 13.0. The van der Waals surface area contributed by atoms with E-state index in [-0.39, 0.29) is 11.2 Å². The van der Waals surface area contributed by atoms with Crippen molar-refractivity contribution in [2.45, 2.75) is 24.8 Å². The number of nitrogens with one attached hydrogen (secondary N) is 1. The number of piperidine rings is 1. The highest BCUT2D eigenvalue weighted by Gasteiger charge is 2.39. The number of nitrogens with zero attached hydrogens (tertiary/aromatic N) is 3. The lowest BCUT2D eigenvalue weighted by Crippen LogP contribution is -2.51. The molecule has 1 N–H and O–H groups in total. The van der Waals surface area contributed by atoms with Gasteiger partial charge in [-0.1, -0.05) is 24.3 Å². The second-order valence-corrected chi connectivity index (χ2v) is 6.23. The molecule has 1 fully saturated rings. The molecular formula is C17H19FN4. The molecule has 114 valence electrons. The van der Waals surface area contributed by atoms with Gasteiger partial charge in [-0.2, -0.15) is 0 Å². The van der Waals surface area contributed by atoms with Crippen molar-refractivity contribution in [2.24, 2.45) is 0 Å². The summed E-state index contributed by atoms with van der Waals surface area (Å²) in [6, 6.07) is 8.75.